The van der Waals surface area contributed by atoms with E-state index >= 15 is 0 Å². The molecule has 26 heavy (non-hydrogen) atoms. The fraction of sp³-hybridized carbons (Fsp3) is 0.100. The Balaban J connectivity index is 1.80. The SMILES string of the molecule is Cc1c(/C=C2/SC(=O)N(c3cccc(Cl)c3)C2=O)c2ccccc2n1C. The van der Waals surface area contributed by atoms with Crippen molar-refractivity contribution in [3.63, 3.8) is 0 Å². The van der Waals surface area contributed by atoms with Crippen molar-refractivity contribution < 1.29 is 9.59 Å². The molecule has 6 heteroatoms. The first-order chi connectivity index (χ1) is 12.5. The highest BCUT2D eigenvalue weighted by atomic mass is 35.5. The first-order valence-electron chi connectivity index (χ1n) is 8.05. The average molecular weight is 383 g/mol. The number of carbonyl (C=O) groups is 2. The average Bonchev–Trinajstić information content (AvgIpc) is 3.04. The number of hydrogen-bond donors (Lipinski definition) is 0. The van der Waals surface area contributed by atoms with Gasteiger partial charge in [-0.1, -0.05) is 35.9 Å². The van der Waals surface area contributed by atoms with Gasteiger partial charge in [0.1, 0.15) is 0 Å². The fourth-order valence-corrected chi connectivity index (χ4v) is 4.18. The summed E-state index contributed by atoms with van der Waals surface area (Å²) in [6.07, 6.45) is 1.81. The lowest BCUT2D eigenvalue weighted by Crippen LogP contribution is -2.27. The molecule has 2 aromatic carbocycles. The van der Waals surface area contributed by atoms with Gasteiger partial charge in [-0.2, -0.15) is 0 Å². The molecule has 1 aromatic heterocycles. The Bertz CT molecular complexity index is 1100. The van der Waals surface area contributed by atoms with Crippen molar-refractivity contribution in [1.29, 1.82) is 0 Å². The lowest BCUT2D eigenvalue weighted by molar-refractivity contribution is -0.113. The maximum atomic E-state index is 12.9. The molecule has 130 valence electrons. The van der Waals surface area contributed by atoms with Gasteiger partial charge in [0.2, 0.25) is 0 Å². The van der Waals surface area contributed by atoms with Gasteiger partial charge in [-0.3, -0.25) is 9.59 Å². The smallest absolute Gasteiger partial charge is 0.298 e. The quantitative estimate of drug-likeness (QED) is 0.559. The summed E-state index contributed by atoms with van der Waals surface area (Å²) >= 11 is 6.95. The second-order valence-electron chi connectivity index (χ2n) is 6.07. The molecule has 2 amide bonds. The Hall–Kier alpha value is -2.50. The molecule has 1 aliphatic heterocycles. The summed E-state index contributed by atoms with van der Waals surface area (Å²) in [5.74, 6) is -0.324. The molecule has 0 bridgehead atoms. The second-order valence-corrected chi connectivity index (χ2v) is 7.50. The van der Waals surface area contributed by atoms with Crippen molar-refractivity contribution in [3.8, 4) is 0 Å². The zero-order chi connectivity index (χ0) is 18.4. The second kappa shape index (κ2) is 6.34. The zero-order valence-corrected chi connectivity index (χ0v) is 15.8. The molecule has 0 atom stereocenters. The minimum absolute atomic E-state index is 0.318. The molecule has 0 aliphatic carbocycles. The molecule has 3 aromatic rings. The molecule has 0 spiro atoms. The van der Waals surface area contributed by atoms with Crippen LogP contribution >= 0.6 is 23.4 Å². The van der Waals surface area contributed by atoms with Crippen LogP contribution in [0.25, 0.3) is 17.0 Å². The van der Waals surface area contributed by atoms with Gasteiger partial charge in [0.05, 0.1) is 10.6 Å². The van der Waals surface area contributed by atoms with Crippen molar-refractivity contribution >= 4 is 57.2 Å². The first kappa shape index (κ1) is 16.9. The van der Waals surface area contributed by atoms with Crippen LogP contribution in [0.15, 0.2) is 53.4 Å². The fourth-order valence-electron chi connectivity index (χ4n) is 3.17. The molecule has 0 radical (unpaired) electrons. The lowest BCUT2D eigenvalue weighted by atomic mass is 10.1. The van der Waals surface area contributed by atoms with Gasteiger partial charge in [-0.25, -0.2) is 4.90 Å². The molecule has 2 heterocycles. The van der Waals surface area contributed by atoms with Crippen molar-refractivity contribution in [2.24, 2.45) is 7.05 Å². The number of carbonyl (C=O) groups excluding carboxylic acids is 2. The van der Waals surface area contributed by atoms with E-state index < -0.39 is 0 Å². The molecule has 1 aliphatic rings. The van der Waals surface area contributed by atoms with Gasteiger partial charge < -0.3 is 4.57 Å². The molecule has 1 fully saturated rings. The van der Waals surface area contributed by atoms with Gasteiger partial charge in [0, 0.05) is 34.2 Å². The Morgan fingerprint density at radius 3 is 2.62 bits per heavy atom. The number of fused-ring (bicyclic) bond motifs is 1. The van der Waals surface area contributed by atoms with E-state index in [0.29, 0.717) is 15.6 Å². The van der Waals surface area contributed by atoms with Crippen LogP contribution in [0.1, 0.15) is 11.3 Å². The van der Waals surface area contributed by atoms with E-state index in [4.69, 9.17) is 11.6 Å². The largest absolute Gasteiger partial charge is 0.347 e. The van der Waals surface area contributed by atoms with E-state index in [2.05, 4.69) is 4.57 Å². The van der Waals surface area contributed by atoms with E-state index in [1.165, 1.54) is 4.90 Å². The third kappa shape index (κ3) is 2.64. The molecule has 0 saturated carbocycles. The number of anilines is 1. The highest BCUT2D eigenvalue weighted by Gasteiger charge is 2.36. The van der Waals surface area contributed by atoms with Gasteiger partial charge in [0.15, 0.2) is 0 Å². The van der Waals surface area contributed by atoms with Crippen LogP contribution in [0.2, 0.25) is 5.02 Å². The highest BCUT2D eigenvalue weighted by Crippen LogP contribution is 2.38. The lowest BCUT2D eigenvalue weighted by Gasteiger charge is -2.12. The Labute approximate surface area is 160 Å². The number of para-hydroxylation sites is 1. The van der Waals surface area contributed by atoms with Gasteiger partial charge >= 0.3 is 0 Å². The van der Waals surface area contributed by atoms with E-state index in [1.807, 2.05) is 44.3 Å². The van der Waals surface area contributed by atoms with Crippen molar-refractivity contribution in [3.05, 3.63) is 69.7 Å². The van der Waals surface area contributed by atoms with Crippen LogP contribution in [-0.2, 0) is 11.8 Å². The zero-order valence-electron chi connectivity index (χ0n) is 14.2. The predicted molar refractivity (Wildman–Crippen MR) is 108 cm³/mol. The number of nitrogens with zero attached hydrogens (tertiary/aromatic N) is 2. The summed E-state index contributed by atoms with van der Waals surface area (Å²) < 4.78 is 2.09. The molecular weight excluding hydrogens is 368 g/mol. The van der Waals surface area contributed by atoms with Crippen LogP contribution in [0.4, 0.5) is 10.5 Å². The third-order valence-corrected chi connectivity index (χ3v) is 5.69. The van der Waals surface area contributed by atoms with Crippen molar-refractivity contribution in [1.82, 2.24) is 4.57 Å². The van der Waals surface area contributed by atoms with Crippen LogP contribution in [0, 0.1) is 6.92 Å². The van der Waals surface area contributed by atoms with Crippen LogP contribution in [0.3, 0.4) is 0 Å². The third-order valence-electron chi connectivity index (χ3n) is 4.58. The molecule has 4 rings (SSSR count). The van der Waals surface area contributed by atoms with E-state index in [0.717, 1.165) is 33.9 Å². The molecule has 4 nitrogen and oxygen atoms in total. The number of hydrogen-bond acceptors (Lipinski definition) is 3. The molecular formula is C20H15ClN2O2S. The normalized spacial score (nSPS) is 16.3. The summed E-state index contributed by atoms with van der Waals surface area (Å²) in [7, 11) is 1.99. The first-order valence-corrected chi connectivity index (χ1v) is 9.24. The summed E-state index contributed by atoms with van der Waals surface area (Å²) in [6, 6.07) is 14.8. The summed E-state index contributed by atoms with van der Waals surface area (Å²) in [5.41, 5.74) is 3.57. The molecule has 0 unspecified atom stereocenters. The number of imide groups is 1. The standard InChI is InChI=1S/C20H15ClN2O2S/c1-12-16(15-8-3-4-9-17(15)22(12)2)11-18-19(24)23(20(25)26-18)14-7-5-6-13(21)10-14/h3-11H,1-2H3/b18-11+. The molecule has 1 saturated heterocycles. The number of aryl methyl sites for hydroxylation is 1. The van der Waals surface area contributed by atoms with Gasteiger partial charge in [-0.05, 0) is 49.0 Å². The molecule has 0 N–H and O–H groups in total. The number of benzene rings is 2. The number of aromatic nitrogens is 1. The minimum atomic E-state index is -0.324. The van der Waals surface area contributed by atoms with Crippen molar-refractivity contribution in [2.75, 3.05) is 4.90 Å². The summed E-state index contributed by atoms with van der Waals surface area (Å²) in [6.45, 7) is 2.01. The predicted octanol–water partition coefficient (Wildman–Crippen LogP) is 5.38. The van der Waals surface area contributed by atoms with E-state index in [1.54, 1.807) is 24.3 Å². The summed E-state index contributed by atoms with van der Waals surface area (Å²) in [5, 5.41) is 1.22. The Kier molecular flexibility index (Phi) is 4.13. The topological polar surface area (TPSA) is 42.3 Å². The monoisotopic (exact) mass is 382 g/mol. The Morgan fingerprint density at radius 1 is 1.08 bits per heavy atom. The highest BCUT2D eigenvalue weighted by molar-refractivity contribution is 8.19. The van der Waals surface area contributed by atoms with E-state index in [-0.39, 0.29) is 11.1 Å². The van der Waals surface area contributed by atoms with Crippen LogP contribution < -0.4 is 4.90 Å². The summed E-state index contributed by atoms with van der Waals surface area (Å²) in [4.78, 5) is 26.9. The van der Waals surface area contributed by atoms with Crippen molar-refractivity contribution in [2.45, 2.75) is 6.92 Å². The Morgan fingerprint density at radius 2 is 1.85 bits per heavy atom. The maximum Gasteiger partial charge on any atom is 0.298 e. The van der Waals surface area contributed by atoms with Crippen LogP contribution in [-0.4, -0.2) is 15.7 Å². The number of rotatable bonds is 2. The maximum absolute atomic E-state index is 12.9. The number of amides is 2. The minimum Gasteiger partial charge on any atom is -0.347 e. The van der Waals surface area contributed by atoms with Crippen LogP contribution in [0.5, 0.6) is 0 Å². The number of halogens is 1. The van der Waals surface area contributed by atoms with Gasteiger partial charge in [0.25, 0.3) is 11.1 Å². The van der Waals surface area contributed by atoms with E-state index in [9.17, 15) is 9.59 Å². The number of thioether (sulfide) groups is 1. The van der Waals surface area contributed by atoms with Gasteiger partial charge in [-0.15, -0.1) is 0 Å².